The zero-order valence-electron chi connectivity index (χ0n) is 22.2. The van der Waals surface area contributed by atoms with E-state index in [9.17, 15) is 13.2 Å². The third-order valence-corrected chi connectivity index (χ3v) is 8.15. The molecule has 0 amide bonds. The number of alkyl halides is 3. The second-order valence-electron chi connectivity index (χ2n) is 10.7. The normalized spacial score (nSPS) is 17.6. The van der Waals surface area contributed by atoms with Gasteiger partial charge in [0.05, 0.1) is 24.4 Å². The topological polar surface area (TPSA) is 85.9 Å². The van der Waals surface area contributed by atoms with E-state index in [1.165, 1.54) is 5.69 Å². The molecule has 7 rings (SSSR count). The third kappa shape index (κ3) is 4.21. The van der Waals surface area contributed by atoms with E-state index in [0.29, 0.717) is 42.8 Å². The van der Waals surface area contributed by atoms with E-state index >= 15 is 0 Å². The van der Waals surface area contributed by atoms with Gasteiger partial charge in [-0.3, -0.25) is 4.68 Å². The molecule has 0 bridgehead atoms. The fourth-order valence-corrected chi connectivity index (χ4v) is 5.75. The molecule has 9 nitrogen and oxygen atoms in total. The van der Waals surface area contributed by atoms with Crippen LogP contribution in [-0.4, -0.2) is 56.0 Å². The van der Waals surface area contributed by atoms with Gasteiger partial charge >= 0.3 is 6.18 Å². The van der Waals surface area contributed by atoms with Crippen LogP contribution in [0.5, 0.6) is 5.88 Å². The Bertz CT molecular complexity index is 1570. The Morgan fingerprint density at radius 1 is 1.07 bits per heavy atom. The summed E-state index contributed by atoms with van der Waals surface area (Å²) in [7, 11) is 3.59. The maximum Gasteiger partial charge on any atom is 0.434 e. The molecule has 1 saturated heterocycles. The molecule has 12 heteroatoms. The van der Waals surface area contributed by atoms with E-state index in [1.807, 2.05) is 36.0 Å². The molecule has 3 aliphatic rings. The molecule has 2 fully saturated rings. The van der Waals surface area contributed by atoms with Crippen molar-refractivity contribution in [2.45, 2.75) is 43.9 Å². The van der Waals surface area contributed by atoms with Crippen molar-refractivity contribution in [2.24, 2.45) is 7.05 Å². The minimum Gasteiger partial charge on any atom is -0.480 e. The molecule has 0 radical (unpaired) electrons. The quantitative estimate of drug-likeness (QED) is 0.382. The van der Waals surface area contributed by atoms with Crippen LogP contribution in [0.1, 0.15) is 47.4 Å². The number of aromatic nitrogens is 6. The Balaban J connectivity index is 1.21. The highest BCUT2D eigenvalue weighted by atomic mass is 19.4. The van der Waals surface area contributed by atoms with Gasteiger partial charge in [0.1, 0.15) is 17.8 Å². The number of fused-ring (bicyclic) bond motifs is 1. The SMILES string of the molecule is COc1ncnc(C2CC2)c1-c1nn(C)c2c1CN(c1ccc(-c3nc(C(F)(F)F)cn3C3CNC3)cc1)CC2. The highest BCUT2D eigenvalue weighted by molar-refractivity contribution is 5.73. The van der Waals surface area contributed by atoms with Gasteiger partial charge in [0.2, 0.25) is 5.88 Å². The van der Waals surface area contributed by atoms with Gasteiger partial charge in [-0.1, -0.05) is 0 Å². The second-order valence-corrected chi connectivity index (χ2v) is 10.7. The highest BCUT2D eigenvalue weighted by Crippen LogP contribution is 2.47. The predicted octanol–water partition coefficient (Wildman–Crippen LogP) is 4.35. The maximum atomic E-state index is 13.5. The summed E-state index contributed by atoms with van der Waals surface area (Å²) in [5.74, 6) is 1.28. The molecule has 1 saturated carbocycles. The van der Waals surface area contributed by atoms with Gasteiger partial charge in [-0.15, -0.1) is 0 Å². The van der Waals surface area contributed by atoms with Gasteiger partial charge in [-0.2, -0.15) is 18.3 Å². The summed E-state index contributed by atoms with van der Waals surface area (Å²) >= 11 is 0. The molecule has 0 spiro atoms. The molecule has 5 heterocycles. The molecule has 1 N–H and O–H groups in total. The van der Waals surface area contributed by atoms with Gasteiger partial charge in [0.25, 0.3) is 0 Å². The van der Waals surface area contributed by atoms with E-state index in [0.717, 1.165) is 60.2 Å². The van der Waals surface area contributed by atoms with Gasteiger partial charge in [0.15, 0.2) is 5.69 Å². The first kappa shape index (κ1) is 25.1. The molecule has 2 aliphatic heterocycles. The minimum atomic E-state index is -4.49. The van der Waals surface area contributed by atoms with Crippen LogP contribution in [0.25, 0.3) is 22.6 Å². The van der Waals surface area contributed by atoms with Gasteiger partial charge in [0, 0.05) is 74.3 Å². The zero-order chi connectivity index (χ0) is 27.6. The van der Waals surface area contributed by atoms with E-state index in [4.69, 9.17) is 9.84 Å². The van der Waals surface area contributed by atoms with Crippen LogP contribution in [0.15, 0.2) is 36.8 Å². The van der Waals surface area contributed by atoms with Gasteiger partial charge in [-0.05, 0) is 37.1 Å². The molecule has 0 atom stereocenters. The Morgan fingerprint density at radius 2 is 1.85 bits per heavy atom. The summed E-state index contributed by atoms with van der Waals surface area (Å²) in [5.41, 5.74) is 5.80. The minimum absolute atomic E-state index is 0.0396. The molecular formula is C28H29F3N8O. The van der Waals surface area contributed by atoms with Crippen LogP contribution in [0.2, 0.25) is 0 Å². The van der Waals surface area contributed by atoms with Crippen LogP contribution in [0.4, 0.5) is 18.9 Å². The number of hydrogen-bond donors (Lipinski definition) is 1. The van der Waals surface area contributed by atoms with Crippen molar-refractivity contribution in [3.8, 4) is 28.5 Å². The number of halogens is 3. The van der Waals surface area contributed by atoms with Crippen LogP contribution < -0.4 is 15.0 Å². The average Bonchev–Trinajstić information content (AvgIpc) is 3.59. The Morgan fingerprint density at radius 3 is 2.50 bits per heavy atom. The number of hydrogen-bond acceptors (Lipinski definition) is 7. The van der Waals surface area contributed by atoms with Crippen molar-refractivity contribution >= 4 is 5.69 Å². The number of benzene rings is 1. The van der Waals surface area contributed by atoms with E-state index < -0.39 is 11.9 Å². The number of nitrogens with zero attached hydrogens (tertiary/aromatic N) is 7. The summed E-state index contributed by atoms with van der Waals surface area (Å²) in [6, 6.07) is 7.61. The van der Waals surface area contributed by atoms with Crippen molar-refractivity contribution < 1.29 is 17.9 Å². The standard InChI is InChI=1S/C28H29F3N8O/c1-37-21-9-10-38(13-20(21)25(36-37)23-24(16-3-4-16)33-15-34-27(23)40-2)18-7-5-17(6-8-18)26-35-22(28(29,30)31)14-39(26)19-11-32-12-19/h5-8,14-16,19,32H,3-4,9-13H2,1-2H3. The number of nitrogens with one attached hydrogen (secondary N) is 1. The van der Waals surface area contributed by atoms with E-state index in [-0.39, 0.29) is 6.04 Å². The fraction of sp³-hybridized carbons (Fsp3) is 0.429. The molecular weight excluding hydrogens is 521 g/mol. The Kier molecular flexibility index (Phi) is 5.84. The Hall–Kier alpha value is -3.93. The third-order valence-electron chi connectivity index (χ3n) is 8.15. The number of rotatable bonds is 6. The van der Waals surface area contributed by atoms with E-state index in [2.05, 4.69) is 25.2 Å². The smallest absolute Gasteiger partial charge is 0.434 e. The highest BCUT2D eigenvalue weighted by Gasteiger charge is 2.37. The number of methoxy groups -OCH3 is 1. The van der Waals surface area contributed by atoms with Crippen molar-refractivity contribution in [2.75, 3.05) is 31.6 Å². The predicted molar refractivity (Wildman–Crippen MR) is 142 cm³/mol. The number of anilines is 1. The lowest BCUT2D eigenvalue weighted by molar-refractivity contribution is -0.140. The molecule has 208 valence electrons. The van der Waals surface area contributed by atoms with Crippen LogP contribution >= 0.6 is 0 Å². The Labute approximate surface area is 229 Å². The maximum absolute atomic E-state index is 13.5. The lowest BCUT2D eigenvalue weighted by Crippen LogP contribution is -2.43. The zero-order valence-corrected chi connectivity index (χ0v) is 22.2. The molecule has 4 aromatic rings. The first-order chi connectivity index (χ1) is 19.3. The fourth-order valence-electron chi connectivity index (χ4n) is 5.75. The lowest BCUT2D eigenvalue weighted by Gasteiger charge is -2.31. The lowest BCUT2D eigenvalue weighted by atomic mass is 9.98. The van der Waals surface area contributed by atoms with Crippen LogP contribution in [0, 0.1) is 0 Å². The first-order valence-corrected chi connectivity index (χ1v) is 13.5. The summed E-state index contributed by atoms with van der Waals surface area (Å²) in [6.45, 7) is 2.69. The summed E-state index contributed by atoms with van der Waals surface area (Å²) in [4.78, 5) is 15.2. The molecule has 0 unspecified atom stereocenters. The molecule has 1 aromatic carbocycles. The van der Waals surface area contributed by atoms with Crippen molar-refractivity contribution in [1.29, 1.82) is 0 Å². The average molecular weight is 551 g/mol. The second kappa shape index (κ2) is 9.33. The van der Waals surface area contributed by atoms with Crippen molar-refractivity contribution in [3.05, 3.63) is 59.4 Å². The van der Waals surface area contributed by atoms with Crippen molar-refractivity contribution in [3.63, 3.8) is 0 Å². The monoisotopic (exact) mass is 550 g/mol. The molecule has 40 heavy (non-hydrogen) atoms. The van der Waals surface area contributed by atoms with Gasteiger partial charge in [-0.25, -0.2) is 15.0 Å². The van der Waals surface area contributed by atoms with Crippen LogP contribution in [-0.2, 0) is 26.2 Å². The van der Waals surface area contributed by atoms with Gasteiger partial charge < -0.3 is 19.5 Å². The molecule has 1 aliphatic carbocycles. The molecule has 3 aromatic heterocycles. The number of imidazole rings is 1. The number of aryl methyl sites for hydroxylation is 1. The van der Waals surface area contributed by atoms with E-state index in [1.54, 1.807) is 18.0 Å². The first-order valence-electron chi connectivity index (χ1n) is 13.5. The number of ether oxygens (including phenoxy) is 1. The summed E-state index contributed by atoms with van der Waals surface area (Å²) in [6.07, 6.45) is 1.20. The van der Waals surface area contributed by atoms with Crippen LogP contribution in [0.3, 0.4) is 0 Å². The summed E-state index contributed by atoms with van der Waals surface area (Å²) < 4.78 is 49.6. The largest absolute Gasteiger partial charge is 0.480 e. The summed E-state index contributed by atoms with van der Waals surface area (Å²) in [5, 5.41) is 8.03. The van der Waals surface area contributed by atoms with Crippen molar-refractivity contribution in [1.82, 2.24) is 34.6 Å².